The molecule has 0 fully saturated rings. The van der Waals surface area contributed by atoms with Crippen LogP contribution in [0.1, 0.15) is 45.4 Å². The maximum Gasteiger partial charge on any atom is 0.240 e. The lowest BCUT2D eigenvalue weighted by atomic mass is 10.1. The third-order valence-electron chi connectivity index (χ3n) is 2.95. The molecule has 1 N–H and O–H groups in total. The molecule has 0 saturated carbocycles. The number of hydrogen-bond donors (Lipinski definition) is 1. The first-order valence-corrected chi connectivity index (χ1v) is 9.37. The van der Waals surface area contributed by atoms with Gasteiger partial charge in [0, 0.05) is 10.1 Å². The van der Waals surface area contributed by atoms with Crippen molar-refractivity contribution in [2.45, 2.75) is 50.3 Å². The van der Waals surface area contributed by atoms with E-state index in [9.17, 15) is 8.42 Å². The Labute approximate surface area is 130 Å². The summed E-state index contributed by atoms with van der Waals surface area (Å²) in [6.45, 7) is 2.72. The predicted octanol–water partition coefficient (Wildman–Crippen LogP) is 3.93. The Kier molecular flexibility index (Phi) is 7.94. The summed E-state index contributed by atoms with van der Waals surface area (Å²) < 4.78 is 27.6. The lowest BCUT2D eigenvalue weighted by Gasteiger charge is -2.06. The van der Waals surface area contributed by atoms with E-state index < -0.39 is 10.0 Å². The summed E-state index contributed by atoms with van der Waals surface area (Å²) >= 11 is 2.16. The van der Waals surface area contributed by atoms with Crippen molar-refractivity contribution < 1.29 is 8.42 Å². The molecule has 0 bridgehead atoms. The van der Waals surface area contributed by atoms with Gasteiger partial charge in [-0.3, -0.25) is 0 Å². The molecule has 1 aromatic carbocycles. The monoisotopic (exact) mass is 395 g/mol. The van der Waals surface area contributed by atoms with Gasteiger partial charge in [0.25, 0.3) is 0 Å². The Hall–Kier alpha value is -0.140. The number of hydrogen-bond acceptors (Lipinski definition) is 2. The number of nitrogens with one attached hydrogen (secondary N) is 1. The molecule has 0 atom stereocenters. The van der Waals surface area contributed by atoms with Gasteiger partial charge in [0.15, 0.2) is 0 Å². The highest BCUT2D eigenvalue weighted by Crippen LogP contribution is 2.12. The van der Waals surface area contributed by atoms with Crippen molar-refractivity contribution in [3.05, 3.63) is 27.8 Å². The summed E-state index contributed by atoms with van der Waals surface area (Å²) in [5.74, 6) is 0. The van der Waals surface area contributed by atoms with Crippen LogP contribution in [-0.4, -0.2) is 15.0 Å². The average Bonchev–Trinajstić information content (AvgIpc) is 2.38. The molecule has 0 aliphatic heterocycles. The number of unbranched alkanes of at least 4 members (excludes halogenated alkanes) is 5. The van der Waals surface area contributed by atoms with E-state index in [1.54, 1.807) is 24.3 Å². The highest BCUT2D eigenvalue weighted by Gasteiger charge is 2.12. The number of halogens is 1. The first-order valence-electron chi connectivity index (χ1n) is 6.81. The molecule has 3 nitrogen and oxygen atoms in total. The lowest BCUT2D eigenvalue weighted by molar-refractivity contribution is 0.567. The highest BCUT2D eigenvalue weighted by molar-refractivity contribution is 14.1. The van der Waals surface area contributed by atoms with E-state index >= 15 is 0 Å². The summed E-state index contributed by atoms with van der Waals surface area (Å²) in [6.07, 6.45) is 6.95. The average molecular weight is 395 g/mol. The molecule has 19 heavy (non-hydrogen) atoms. The van der Waals surface area contributed by atoms with Crippen LogP contribution < -0.4 is 4.72 Å². The summed E-state index contributed by atoms with van der Waals surface area (Å²) in [6, 6.07) is 6.90. The highest BCUT2D eigenvalue weighted by atomic mass is 127. The van der Waals surface area contributed by atoms with Crippen LogP contribution in [0.2, 0.25) is 0 Å². The van der Waals surface area contributed by atoms with Crippen LogP contribution >= 0.6 is 22.6 Å². The Morgan fingerprint density at radius 2 is 1.58 bits per heavy atom. The van der Waals surface area contributed by atoms with Crippen molar-refractivity contribution >= 4 is 32.6 Å². The smallest absolute Gasteiger partial charge is 0.211 e. The minimum atomic E-state index is -3.33. The number of benzene rings is 1. The van der Waals surface area contributed by atoms with Crippen LogP contribution in [0.25, 0.3) is 0 Å². The lowest BCUT2D eigenvalue weighted by Crippen LogP contribution is -2.24. The fourth-order valence-corrected chi connectivity index (χ4v) is 3.24. The zero-order valence-corrected chi connectivity index (χ0v) is 14.3. The van der Waals surface area contributed by atoms with Crippen molar-refractivity contribution in [3.8, 4) is 0 Å². The van der Waals surface area contributed by atoms with E-state index in [4.69, 9.17) is 0 Å². The molecule has 0 radical (unpaired) electrons. The third-order valence-corrected chi connectivity index (χ3v) is 5.14. The molecule has 0 heterocycles. The molecular weight excluding hydrogens is 373 g/mol. The maximum absolute atomic E-state index is 12.0. The van der Waals surface area contributed by atoms with Crippen molar-refractivity contribution in [1.82, 2.24) is 4.72 Å². The van der Waals surface area contributed by atoms with Crippen LogP contribution in [0.4, 0.5) is 0 Å². The van der Waals surface area contributed by atoms with Gasteiger partial charge in [0.05, 0.1) is 4.90 Å². The van der Waals surface area contributed by atoms with Crippen molar-refractivity contribution in [3.63, 3.8) is 0 Å². The van der Waals surface area contributed by atoms with E-state index in [1.807, 2.05) is 0 Å². The van der Waals surface area contributed by atoms with Gasteiger partial charge in [-0.15, -0.1) is 0 Å². The quantitative estimate of drug-likeness (QED) is 0.509. The molecule has 0 amide bonds. The van der Waals surface area contributed by atoms with Crippen LogP contribution in [0.5, 0.6) is 0 Å². The first kappa shape index (κ1) is 16.9. The van der Waals surface area contributed by atoms with Gasteiger partial charge in [-0.25, -0.2) is 13.1 Å². The molecule has 5 heteroatoms. The van der Waals surface area contributed by atoms with E-state index in [2.05, 4.69) is 34.2 Å². The van der Waals surface area contributed by atoms with Crippen molar-refractivity contribution in [2.75, 3.05) is 6.54 Å². The van der Waals surface area contributed by atoms with Crippen LogP contribution in [0.3, 0.4) is 0 Å². The molecular formula is C14H22INO2S. The minimum absolute atomic E-state index is 0.346. The topological polar surface area (TPSA) is 46.2 Å². The molecule has 0 unspecified atom stereocenters. The number of sulfonamides is 1. The molecule has 0 aromatic heterocycles. The number of rotatable bonds is 9. The fraction of sp³-hybridized carbons (Fsp3) is 0.571. The minimum Gasteiger partial charge on any atom is -0.211 e. The second-order valence-electron chi connectivity index (χ2n) is 4.62. The Morgan fingerprint density at radius 1 is 1.00 bits per heavy atom. The van der Waals surface area contributed by atoms with Gasteiger partial charge in [0.1, 0.15) is 0 Å². The SMILES string of the molecule is CCCCCCCCNS(=O)(=O)c1ccc(I)cc1. The van der Waals surface area contributed by atoms with E-state index in [1.165, 1.54) is 25.7 Å². The summed E-state index contributed by atoms with van der Waals surface area (Å²) in [5.41, 5.74) is 0. The van der Waals surface area contributed by atoms with Gasteiger partial charge in [-0.05, 0) is 53.3 Å². The van der Waals surface area contributed by atoms with Gasteiger partial charge >= 0.3 is 0 Å². The van der Waals surface area contributed by atoms with E-state index in [0.717, 1.165) is 16.4 Å². The van der Waals surface area contributed by atoms with Gasteiger partial charge in [-0.2, -0.15) is 0 Å². The Bertz CT molecular complexity index is 457. The molecule has 0 aliphatic rings. The second-order valence-corrected chi connectivity index (χ2v) is 7.63. The predicted molar refractivity (Wildman–Crippen MR) is 87.7 cm³/mol. The zero-order valence-electron chi connectivity index (χ0n) is 11.4. The normalized spacial score (nSPS) is 11.7. The zero-order chi connectivity index (χ0) is 14.1. The molecule has 1 aromatic rings. The van der Waals surface area contributed by atoms with Crippen LogP contribution in [0, 0.1) is 3.57 Å². The maximum atomic E-state index is 12.0. The molecule has 108 valence electrons. The molecule has 1 rings (SSSR count). The van der Waals surface area contributed by atoms with E-state index in [-0.39, 0.29) is 0 Å². The summed E-state index contributed by atoms with van der Waals surface area (Å²) in [7, 11) is -3.33. The van der Waals surface area contributed by atoms with Gasteiger partial charge in [-0.1, -0.05) is 39.0 Å². The summed E-state index contributed by atoms with van der Waals surface area (Å²) in [5, 5.41) is 0. The van der Waals surface area contributed by atoms with Crippen molar-refractivity contribution in [1.29, 1.82) is 0 Å². The molecule has 0 spiro atoms. The van der Waals surface area contributed by atoms with Crippen molar-refractivity contribution in [2.24, 2.45) is 0 Å². The fourth-order valence-electron chi connectivity index (χ4n) is 1.81. The standard InChI is InChI=1S/C14H22INO2S/c1-2-3-4-5-6-7-12-16-19(17,18)14-10-8-13(15)9-11-14/h8-11,16H,2-7,12H2,1H3. The van der Waals surface area contributed by atoms with Gasteiger partial charge in [0.2, 0.25) is 10.0 Å². The third kappa shape index (κ3) is 6.72. The van der Waals surface area contributed by atoms with Gasteiger partial charge < -0.3 is 0 Å². The van der Waals surface area contributed by atoms with Crippen LogP contribution in [0.15, 0.2) is 29.2 Å². The Balaban J connectivity index is 2.29. The first-order chi connectivity index (χ1) is 9.06. The molecule has 0 saturated heterocycles. The Morgan fingerprint density at radius 3 is 2.21 bits per heavy atom. The van der Waals surface area contributed by atoms with Crippen LogP contribution in [-0.2, 0) is 10.0 Å². The second kappa shape index (κ2) is 8.92. The molecule has 0 aliphatic carbocycles. The largest absolute Gasteiger partial charge is 0.240 e. The van der Waals surface area contributed by atoms with E-state index in [0.29, 0.717) is 11.4 Å². The summed E-state index contributed by atoms with van der Waals surface area (Å²) in [4.78, 5) is 0.346.